The zero-order valence-electron chi connectivity index (χ0n) is 14.0. The second-order valence-electron chi connectivity index (χ2n) is 6.75. The summed E-state index contributed by atoms with van der Waals surface area (Å²) >= 11 is 0. The lowest BCUT2D eigenvalue weighted by Gasteiger charge is -2.33. The first-order valence-corrected chi connectivity index (χ1v) is 8.49. The van der Waals surface area contributed by atoms with Crippen LogP contribution in [0.3, 0.4) is 0 Å². The van der Waals surface area contributed by atoms with Crippen LogP contribution in [0, 0.1) is 5.92 Å². The molecule has 0 spiro atoms. The highest BCUT2D eigenvalue weighted by molar-refractivity contribution is 5.79. The fourth-order valence-corrected chi connectivity index (χ4v) is 3.52. The Labute approximate surface area is 141 Å². The van der Waals surface area contributed by atoms with Gasteiger partial charge in [0, 0.05) is 39.0 Å². The fraction of sp³-hybridized carbons (Fsp3) is 0.611. The second kappa shape index (κ2) is 7.05. The van der Waals surface area contributed by atoms with E-state index in [2.05, 4.69) is 4.90 Å². The van der Waals surface area contributed by atoms with E-state index in [0.717, 1.165) is 30.8 Å². The number of hydrogen-bond acceptors (Lipinski definition) is 3. The molecule has 0 N–H and O–H groups in total. The minimum atomic E-state index is -2.61. The molecule has 0 bridgehead atoms. The molecule has 0 saturated carbocycles. The van der Waals surface area contributed by atoms with Gasteiger partial charge in [-0.3, -0.25) is 9.69 Å². The van der Waals surface area contributed by atoms with Gasteiger partial charge in [-0.2, -0.15) is 0 Å². The Morgan fingerprint density at radius 3 is 2.75 bits per heavy atom. The molecule has 1 atom stereocenters. The Balaban J connectivity index is 1.52. The topological polar surface area (TPSA) is 32.8 Å². The van der Waals surface area contributed by atoms with Crippen molar-refractivity contribution in [3.8, 4) is 5.75 Å². The van der Waals surface area contributed by atoms with Crippen LogP contribution >= 0.6 is 0 Å². The van der Waals surface area contributed by atoms with Crippen molar-refractivity contribution in [2.45, 2.75) is 31.7 Å². The molecule has 1 unspecified atom stereocenters. The number of ether oxygens (including phenoxy) is 1. The number of amides is 1. The van der Waals surface area contributed by atoms with Crippen LogP contribution in [0.15, 0.2) is 24.3 Å². The molecule has 0 aliphatic carbocycles. The van der Waals surface area contributed by atoms with Crippen molar-refractivity contribution < 1.29 is 18.3 Å². The van der Waals surface area contributed by atoms with Crippen LogP contribution in [0.2, 0.25) is 0 Å². The highest BCUT2D eigenvalue weighted by Gasteiger charge is 2.38. The maximum Gasteiger partial charge on any atom is 0.251 e. The molecule has 1 amide bonds. The average molecular weight is 338 g/mol. The number of rotatable bonds is 4. The van der Waals surface area contributed by atoms with Crippen LogP contribution in [-0.2, 0) is 11.3 Å². The zero-order chi connectivity index (χ0) is 17.2. The molecule has 6 heteroatoms. The number of halogens is 2. The van der Waals surface area contributed by atoms with Gasteiger partial charge >= 0.3 is 0 Å². The van der Waals surface area contributed by atoms with Gasteiger partial charge < -0.3 is 9.64 Å². The Hall–Kier alpha value is -1.69. The standard InChI is InChI=1S/C18H24F2N2O2/c1-24-16-4-2-3-14(11-16)12-21-8-5-15(13-21)17(23)22-9-6-18(19,20)7-10-22/h2-4,11,15H,5-10,12-13H2,1H3. The summed E-state index contributed by atoms with van der Waals surface area (Å²) in [6, 6.07) is 7.92. The predicted molar refractivity (Wildman–Crippen MR) is 87.1 cm³/mol. The third-order valence-electron chi connectivity index (χ3n) is 4.97. The molecule has 1 aromatic carbocycles. The number of alkyl halides is 2. The van der Waals surface area contributed by atoms with Crippen LogP contribution in [0.5, 0.6) is 5.75 Å². The molecule has 132 valence electrons. The quantitative estimate of drug-likeness (QED) is 0.846. The summed E-state index contributed by atoms with van der Waals surface area (Å²) in [5, 5.41) is 0. The van der Waals surface area contributed by atoms with E-state index in [1.54, 1.807) is 12.0 Å². The van der Waals surface area contributed by atoms with E-state index in [0.29, 0.717) is 6.54 Å². The number of carbonyl (C=O) groups excluding carboxylic acids is 1. The molecular weight excluding hydrogens is 314 g/mol. The van der Waals surface area contributed by atoms with Crippen molar-refractivity contribution in [3.63, 3.8) is 0 Å². The molecule has 0 aromatic heterocycles. The molecule has 2 saturated heterocycles. The number of nitrogens with zero attached hydrogens (tertiary/aromatic N) is 2. The summed E-state index contributed by atoms with van der Waals surface area (Å²) in [6.07, 6.45) is 0.383. The van der Waals surface area contributed by atoms with Gasteiger partial charge in [0.25, 0.3) is 5.92 Å². The van der Waals surface area contributed by atoms with Gasteiger partial charge in [-0.05, 0) is 30.7 Å². The molecule has 2 aliphatic rings. The normalized spacial score (nSPS) is 24.1. The number of hydrogen-bond donors (Lipinski definition) is 0. The third kappa shape index (κ3) is 4.04. The zero-order valence-corrected chi connectivity index (χ0v) is 14.0. The largest absolute Gasteiger partial charge is 0.497 e. The van der Waals surface area contributed by atoms with Gasteiger partial charge in [-0.25, -0.2) is 8.78 Å². The van der Waals surface area contributed by atoms with Gasteiger partial charge in [0.15, 0.2) is 0 Å². The molecular formula is C18H24F2N2O2. The second-order valence-corrected chi connectivity index (χ2v) is 6.75. The average Bonchev–Trinajstić information content (AvgIpc) is 3.03. The van der Waals surface area contributed by atoms with Crippen molar-refractivity contribution in [2.24, 2.45) is 5.92 Å². The minimum Gasteiger partial charge on any atom is -0.497 e. The summed E-state index contributed by atoms with van der Waals surface area (Å²) in [7, 11) is 1.64. The van der Waals surface area contributed by atoms with E-state index in [1.165, 1.54) is 0 Å². The van der Waals surface area contributed by atoms with E-state index >= 15 is 0 Å². The van der Waals surface area contributed by atoms with E-state index < -0.39 is 5.92 Å². The third-order valence-corrected chi connectivity index (χ3v) is 4.97. The number of methoxy groups -OCH3 is 1. The monoisotopic (exact) mass is 338 g/mol. The predicted octanol–water partition coefficient (Wildman–Crippen LogP) is 2.77. The molecule has 24 heavy (non-hydrogen) atoms. The fourth-order valence-electron chi connectivity index (χ4n) is 3.52. The number of piperidine rings is 1. The maximum atomic E-state index is 13.2. The smallest absolute Gasteiger partial charge is 0.251 e. The van der Waals surface area contributed by atoms with Gasteiger partial charge in [-0.1, -0.05) is 12.1 Å². The number of carbonyl (C=O) groups is 1. The van der Waals surface area contributed by atoms with E-state index in [4.69, 9.17) is 4.74 Å². The van der Waals surface area contributed by atoms with Crippen LogP contribution < -0.4 is 4.74 Å². The summed E-state index contributed by atoms with van der Waals surface area (Å²) < 4.78 is 31.7. The highest BCUT2D eigenvalue weighted by Crippen LogP contribution is 2.30. The van der Waals surface area contributed by atoms with Crippen LogP contribution in [0.4, 0.5) is 8.78 Å². The summed E-state index contributed by atoms with van der Waals surface area (Å²) in [6.45, 7) is 2.69. The van der Waals surface area contributed by atoms with Crippen LogP contribution in [-0.4, -0.2) is 54.9 Å². The minimum absolute atomic E-state index is 0.0404. The summed E-state index contributed by atoms with van der Waals surface area (Å²) in [5.74, 6) is -1.81. The summed E-state index contributed by atoms with van der Waals surface area (Å²) in [5.41, 5.74) is 1.15. The van der Waals surface area contributed by atoms with Crippen molar-refractivity contribution >= 4 is 5.91 Å². The highest BCUT2D eigenvalue weighted by atomic mass is 19.3. The molecule has 1 aromatic rings. The molecule has 0 radical (unpaired) electrons. The lowest BCUT2D eigenvalue weighted by Crippen LogP contribution is -2.45. The van der Waals surface area contributed by atoms with Gasteiger partial charge in [0.05, 0.1) is 13.0 Å². The lowest BCUT2D eigenvalue weighted by atomic mass is 10.0. The van der Waals surface area contributed by atoms with Crippen molar-refractivity contribution in [3.05, 3.63) is 29.8 Å². The number of likely N-dealkylation sites (tertiary alicyclic amines) is 2. The van der Waals surface area contributed by atoms with E-state index in [9.17, 15) is 13.6 Å². The SMILES string of the molecule is COc1cccc(CN2CCC(C(=O)N3CCC(F)(F)CC3)C2)c1. The number of benzene rings is 1. The van der Waals surface area contributed by atoms with Crippen molar-refractivity contribution in [1.82, 2.24) is 9.80 Å². The Morgan fingerprint density at radius 2 is 2.04 bits per heavy atom. The Bertz CT molecular complexity index is 584. The van der Waals surface area contributed by atoms with E-state index in [1.807, 2.05) is 24.3 Å². The molecule has 2 fully saturated rings. The first-order valence-electron chi connectivity index (χ1n) is 8.49. The molecule has 3 rings (SSSR count). The summed E-state index contributed by atoms with van der Waals surface area (Å²) in [4.78, 5) is 16.4. The van der Waals surface area contributed by atoms with Crippen LogP contribution in [0.25, 0.3) is 0 Å². The van der Waals surface area contributed by atoms with Crippen molar-refractivity contribution in [2.75, 3.05) is 33.3 Å². The van der Waals surface area contributed by atoms with Gasteiger partial charge in [0.2, 0.25) is 5.91 Å². The first kappa shape index (κ1) is 17.1. The van der Waals surface area contributed by atoms with Gasteiger partial charge in [0.1, 0.15) is 5.75 Å². The van der Waals surface area contributed by atoms with E-state index in [-0.39, 0.29) is 37.8 Å². The molecule has 2 aliphatic heterocycles. The van der Waals surface area contributed by atoms with Crippen LogP contribution in [0.1, 0.15) is 24.8 Å². The molecule has 4 nitrogen and oxygen atoms in total. The first-order chi connectivity index (χ1) is 11.5. The van der Waals surface area contributed by atoms with Gasteiger partial charge in [-0.15, -0.1) is 0 Å². The Kier molecular flexibility index (Phi) is 5.04. The maximum absolute atomic E-state index is 13.2. The Morgan fingerprint density at radius 1 is 1.29 bits per heavy atom. The van der Waals surface area contributed by atoms with Crippen molar-refractivity contribution in [1.29, 1.82) is 0 Å². The molecule has 2 heterocycles. The lowest BCUT2D eigenvalue weighted by molar-refractivity contribution is -0.141.